The highest BCUT2D eigenvalue weighted by molar-refractivity contribution is 5.85. The minimum Gasteiger partial charge on any atom is -0.369 e. The van der Waals surface area contributed by atoms with E-state index in [0.29, 0.717) is 18.5 Å². The second-order valence-corrected chi connectivity index (χ2v) is 7.85. The number of carbonyl (C=O) groups excluding carboxylic acids is 2. The molecule has 0 atom stereocenters. The third kappa shape index (κ3) is 11.1. The molecule has 8 nitrogen and oxygen atoms in total. The van der Waals surface area contributed by atoms with E-state index in [1.807, 2.05) is 18.7 Å². The van der Waals surface area contributed by atoms with E-state index in [0.717, 1.165) is 63.9 Å². The summed E-state index contributed by atoms with van der Waals surface area (Å²) in [5.74, 6) is 0.213. The van der Waals surface area contributed by atoms with Crippen LogP contribution < -0.4 is 11.1 Å². The molecule has 1 aromatic carbocycles. The van der Waals surface area contributed by atoms with Gasteiger partial charge in [-0.1, -0.05) is 32.4 Å². The summed E-state index contributed by atoms with van der Waals surface area (Å²) in [6, 6.07) is 4.56. The van der Waals surface area contributed by atoms with Gasteiger partial charge in [0.2, 0.25) is 17.8 Å². The summed E-state index contributed by atoms with van der Waals surface area (Å²) < 4.78 is 36.7. The van der Waals surface area contributed by atoms with Gasteiger partial charge in [0.15, 0.2) is 6.19 Å². The fourth-order valence-corrected chi connectivity index (χ4v) is 3.51. The van der Waals surface area contributed by atoms with Crippen molar-refractivity contribution in [2.75, 3.05) is 26.2 Å². The lowest BCUT2D eigenvalue weighted by atomic mass is 10.1. The van der Waals surface area contributed by atoms with Crippen molar-refractivity contribution >= 4 is 17.8 Å². The monoisotopic (exact) mass is 496 g/mol. The van der Waals surface area contributed by atoms with Crippen LogP contribution in [0.15, 0.2) is 29.3 Å². The highest BCUT2D eigenvalue weighted by Crippen LogP contribution is 2.29. The molecule has 3 N–H and O–H groups in total. The molecule has 3 rings (SSSR count). The van der Waals surface area contributed by atoms with Gasteiger partial charge >= 0.3 is 6.18 Å². The van der Waals surface area contributed by atoms with E-state index in [1.54, 1.807) is 11.1 Å². The van der Waals surface area contributed by atoms with Gasteiger partial charge in [-0.25, -0.2) is 4.99 Å². The first-order valence-corrected chi connectivity index (χ1v) is 11.9. The zero-order valence-electron chi connectivity index (χ0n) is 20.4. The van der Waals surface area contributed by atoms with Gasteiger partial charge in [-0.3, -0.25) is 14.9 Å². The molecule has 0 radical (unpaired) electrons. The third-order valence-electron chi connectivity index (χ3n) is 5.35. The zero-order chi connectivity index (χ0) is 26.3. The first kappa shape index (κ1) is 29.7. The summed E-state index contributed by atoms with van der Waals surface area (Å²) in [5, 5.41) is 10.3. The van der Waals surface area contributed by atoms with Gasteiger partial charge in [-0.15, -0.1) is 0 Å². The first-order chi connectivity index (χ1) is 16.7. The number of alkyl halides is 3. The van der Waals surface area contributed by atoms with Crippen LogP contribution in [-0.2, 0) is 22.3 Å². The smallest absolute Gasteiger partial charge is 0.369 e. The molecule has 0 bridgehead atoms. The van der Waals surface area contributed by atoms with E-state index in [4.69, 9.17) is 11.0 Å². The maximum absolute atomic E-state index is 12.2. The lowest BCUT2D eigenvalue weighted by Crippen LogP contribution is -2.41. The number of likely N-dealkylation sites (tertiary alicyclic amines) is 2. The number of hydrogen-bond donors (Lipinski definition) is 2. The quantitative estimate of drug-likeness (QED) is 0.286. The minimum absolute atomic E-state index is 0.0765. The number of hydrogen-bond acceptors (Lipinski definition) is 4. The summed E-state index contributed by atoms with van der Waals surface area (Å²) >= 11 is 0. The summed E-state index contributed by atoms with van der Waals surface area (Å²) in [4.78, 5) is 31.0. The van der Waals surface area contributed by atoms with Gasteiger partial charge in [-0.05, 0) is 43.4 Å². The Hall–Kier alpha value is -3.29. The Balaban J connectivity index is 0.000000327. The Morgan fingerprint density at radius 3 is 2.26 bits per heavy atom. The fraction of sp³-hybridized carbons (Fsp3) is 0.583. The van der Waals surface area contributed by atoms with Crippen molar-refractivity contribution in [3.05, 3.63) is 35.4 Å². The molecule has 2 heterocycles. The SMILES string of the molecule is CC.N#CNC(N)=NCc1ccc(C(F)(F)F)cc1.O=C(CN1CCCCCC1=O)N1CCCC1. The van der Waals surface area contributed by atoms with E-state index in [1.165, 1.54) is 12.1 Å². The van der Waals surface area contributed by atoms with Crippen LogP contribution in [-0.4, -0.2) is 53.8 Å². The van der Waals surface area contributed by atoms with Gasteiger partial charge in [0.1, 0.15) is 0 Å². The molecular weight excluding hydrogens is 461 g/mol. The molecule has 2 saturated heterocycles. The van der Waals surface area contributed by atoms with E-state index in [2.05, 4.69) is 10.3 Å². The average molecular weight is 497 g/mol. The predicted molar refractivity (Wildman–Crippen MR) is 128 cm³/mol. The van der Waals surface area contributed by atoms with Gasteiger partial charge in [0.05, 0.1) is 18.7 Å². The second-order valence-electron chi connectivity index (χ2n) is 7.85. The van der Waals surface area contributed by atoms with Crippen molar-refractivity contribution in [1.82, 2.24) is 15.1 Å². The summed E-state index contributed by atoms with van der Waals surface area (Å²) in [7, 11) is 0. The Morgan fingerprint density at radius 2 is 1.69 bits per heavy atom. The van der Waals surface area contributed by atoms with Gasteiger partial charge in [-0.2, -0.15) is 18.4 Å². The molecule has 0 aromatic heterocycles. The van der Waals surface area contributed by atoms with Gasteiger partial charge in [0, 0.05) is 26.1 Å². The molecule has 1 aromatic rings. The molecule has 2 aliphatic rings. The number of benzene rings is 1. The van der Waals surface area contributed by atoms with Crippen LogP contribution in [0.3, 0.4) is 0 Å². The van der Waals surface area contributed by atoms with Gasteiger partial charge < -0.3 is 15.5 Å². The normalized spacial score (nSPS) is 16.2. The number of carbonyl (C=O) groups is 2. The molecule has 0 saturated carbocycles. The average Bonchev–Trinajstić information content (AvgIpc) is 3.31. The van der Waals surface area contributed by atoms with E-state index in [-0.39, 0.29) is 24.3 Å². The molecule has 194 valence electrons. The van der Waals surface area contributed by atoms with Crippen LogP contribution in [0.4, 0.5) is 13.2 Å². The van der Waals surface area contributed by atoms with Crippen LogP contribution in [0.25, 0.3) is 0 Å². The van der Waals surface area contributed by atoms with Crippen molar-refractivity contribution < 1.29 is 22.8 Å². The summed E-state index contributed by atoms with van der Waals surface area (Å²) in [6.07, 6.45) is 3.21. The van der Waals surface area contributed by atoms with Crippen molar-refractivity contribution in [3.63, 3.8) is 0 Å². The van der Waals surface area contributed by atoms with E-state index < -0.39 is 11.7 Å². The molecular formula is C24H35F3N6O2. The molecule has 0 spiro atoms. The third-order valence-corrected chi connectivity index (χ3v) is 5.35. The standard InChI is InChI=1S/C12H20N2O2.C10H9F3N4.C2H6/c15-11-6-2-1-3-9-14(11)10-12(16)13-7-4-5-8-13;11-10(12,13)8-3-1-7(2-4-8)5-16-9(15)17-6-14;1-2/h1-10H2;1-4H,5H2,(H3,15,16,17);1-2H3. The summed E-state index contributed by atoms with van der Waals surface area (Å²) in [6.45, 7) is 6.93. The lowest BCUT2D eigenvalue weighted by molar-refractivity contribution is -0.139. The number of nitrogens with zero attached hydrogens (tertiary/aromatic N) is 4. The number of rotatable bonds is 4. The lowest BCUT2D eigenvalue weighted by Gasteiger charge is -2.23. The largest absolute Gasteiger partial charge is 0.416 e. The number of nitriles is 1. The Kier molecular flexibility index (Phi) is 13.2. The Bertz CT molecular complexity index is 859. The number of amides is 2. The van der Waals surface area contributed by atoms with Gasteiger partial charge in [0.25, 0.3) is 0 Å². The van der Waals surface area contributed by atoms with Crippen LogP contribution in [0.1, 0.15) is 63.5 Å². The minimum atomic E-state index is -4.34. The molecule has 2 aliphatic heterocycles. The maximum atomic E-state index is 12.2. The summed E-state index contributed by atoms with van der Waals surface area (Å²) in [5.41, 5.74) is 5.12. The van der Waals surface area contributed by atoms with Crippen LogP contribution in [0, 0.1) is 11.5 Å². The molecule has 11 heteroatoms. The molecule has 35 heavy (non-hydrogen) atoms. The van der Waals surface area contributed by atoms with Crippen molar-refractivity contribution in [2.24, 2.45) is 10.7 Å². The van der Waals surface area contributed by atoms with Crippen LogP contribution in [0.5, 0.6) is 0 Å². The Labute approximate surface area is 205 Å². The molecule has 0 unspecified atom stereocenters. The predicted octanol–water partition coefficient (Wildman–Crippen LogP) is 3.63. The van der Waals surface area contributed by atoms with Crippen molar-refractivity contribution in [2.45, 2.75) is 65.1 Å². The first-order valence-electron chi connectivity index (χ1n) is 11.9. The molecule has 0 aliphatic carbocycles. The molecule has 2 amide bonds. The fourth-order valence-electron chi connectivity index (χ4n) is 3.51. The number of halogens is 3. The highest BCUT2D eigenvalue weighted by atomic mass is 19.4. The van der Waals surface area contributed by atoms with E-state index >= 15 is 0 Å². The number of nitrogens with two attached hydrogens (primary N) is 1. The highest BCUT2D eigenvalue weighted by Gasteiger charge is 2.29. The topological polar surface area (TPSA) is 115 Å². The Morgan fingerprint density at radius 1 is 1.09 bits per heavy atom. The van der Waals surface area contributed by atoms with E-state index in [9.17, 15) is 22.8 Å². The zero-order valence-corrected chi connectivity index (χ0v) is 20.4. The van der Waals surface area contributed by atoms with Crippen LogP contribution >= 0.6 is 0 Å². The number of guanidine groups is 1. The van der Waals surface area contributed by atoms with Crippen LogP contribution in [0.2, 0.25) is 0 Å². The second kappa shape index (κ2) is 15.6. The maximum Gasteiger partial charge on any atom is 0.416 e. The number of nitrogens with one attached hydrogen (secondary N) is 1. The molecule has 2 fully saturated rings. The van der Waals surface area contributed by atoms with Crippen molar-refractivity contribution in [3.8, 4) is 6.19 Å². The number of aliphatic imine (C=N–C) groups is 1. The van der Waals surface area contributed by atoms with Crippen molar-refractivity contribution in [1.29, 1.82) is 5.26 Å².